The number of halogens is 3. The first-order valence-electron chi connectivity index (χ1n) is 13.9. The molecular formula is C33H29Cl2IN2O5S. The zero-order chi connectivity index (χ0) is 31.5. The third-order valence-corrected chi connectivity index (χ3v) is 8.93. The molecule has 5 rings (SSSR count). The van der Waals surface area contributed by atoms with Crippen LogP contribution in [0.5, 0.6) is 11.5 Å². The van der Waals surface area contributed by atoms with Gasteiger partial charge in [-0.1, -0.05) is 64.9 Å². The third kappa shape index (κ3) is 6.91. The van der Waals surface area contributed by atoms with Gasteiger partial charge in [-0.2, -0.15) is 0 Å². The molecule has 0 amide bonds. The molecule has 0 bridgehead atoms. The van der Waals surface area contributed by atoms with E-state index in [4.69, 9.17) is 37.4 Å². The molecule has 1 atom stereocenters. The number of para-hydroxylation sites is 1. The molecule has 44 heavy (non-hydrogen) atoms. The summed E-state index contributed by atoms with van der Waals surface area (Å²) in [6.07, 6.45) is 1.63. The van der Waals surface area contributed by atoms with E-state index in [1.165, 1.54) is 11.3 Å². The molecule has 7 nitrogen and oxygen atoms in total. The van der Waals surface area contributed by atoms with Crippen molar-refractivity contribution in [2.24, 2.45) is 4.99 Å². The van der Waals surface area contributed by atoms with Gasteiger partial charge >= 0.3 is 5.97 Å². The fraction of sp³-hybridized carbons (Fsp3) is 0.242. The normalized spacial score (nSPS) is 14.8. The second-order valence-corrected chi connectivity index (χ2v) is 13.3. The van der Waals surface area contributed by atoms with E-state index >= 15 is 0 Å². The zero-order valence-corrected chi connectivity index (χ0v) is 28.9. The summed E-state index contributed by atoms with van der Waals surface area (Å²) in [5, 5.41) is 1.12. The summed E-state index contributed by atoms with van der Waals surface area (Å²) >= 11 is 16.0. The lowest BCUT2D eigenvalue weighted by molar-refractivity contribution is -0.139. The van der Waals surface area contributed by atoms with Crippen LogP contribution in [0.2, 0.25) is 10.0 Å². The Hall–Kier alpha value is -3.12. The predicted molar refractivity (Wildman–Crippen MR) is 183 cm³/mol. The van der Waals surface area contributed by atoms with Crippen LogP contribution in [0.15, 0.2) is 81.7 Å². The van der Waals surface area contributed by atoms with Crippen LogP contribution in [0.3, 0.4) is 0 Å². The lowest BCUT2D eigenvalue weighted by atomic mass is 9.95. The quantitative estimate of drug-likeness (QED) is 0.135. The number of benzene rings is 3. The predicted octanol–water partition coefficient (Wildman–Crippen LogP) is 7.08. The van der Waals surface area contributed by atoms with Crippen molar-refractivity contribution in [1.29, 1.82) is 0 Å². The number of carbonyl (C=O) groups excluding carboxylic acids is 1. The Kier molecular flexibility index (Phi) is 10.2. The van der Waals surface area contributed by atoms with Crippen LogP contribution in [0.1, 0.15) is 50.4 Å². The number of thiazole rings is 1. The van der Waals surface area contributed by atoms with Crippen LogP contribution < -0.4 is 24.4 Å². The van der Waals surface area contributed by atoms with Gasteiger partial charge in [0.1, 0.15) is 24.1 Å². The van der Waals surface area contributed by atoms with Gasteiger partial charge in [0.05, 0.1) is 32.1 Å². The molecule has 0 fully saturated rings. The average molecular weight is 763 g/mol. The molecule has 228 valence electrons. The number of fused-ring (bicyclic) bond motifs is 1. The van der Waals surface area contributed by atoms with Crippen LogP contribution >= 0.6 is 57.1 Å². The van der Waals surface area contributed by atoms with Crippen molar-refractivity contribution in [3.05, 3.63) is 122 Å². The lowest BCUT2D eigenvalue weighted by Gasteiger charge is -2.26. The van der Waals surface area contributed by atoms with Crippen molar-refractivity contribution >= 4 is 69.2 Å². The Morgan fingerprint density at radius 2 is 1.89 bits per heavy atom. The maximum absolute atomic E-state index is 14.2. The minimum atomic E-state index is -0.805. The van der Waals surface area contributed by atoms with E-state index in [9.17, 15) is 9.59 Å². The SMILES string of the molecule is CCOC(=O)C1=C(C)N=c2s/c(=C\c3cc(Cl)cc(I)c3OCc3cccc(Cl)c3)c(=O)n2[C@H]1c1ccccc1OC(C)C. The van der Waals surface area contributed by atoms with Crippen LogP contribution in [0.4, 0.5) is 0 Å². The Bertz CT molecular complexity index is 1950. The number of rotatable bonds is 9. The second kappa shape index (κ2) is 13.9. The second-order valence-electron chi connectivity index (χ2n) is 10.2. The summed E-state index contributed by atoms with van der Waals surface area (Å²) < 4.78 is 20.5. The molecule has 0 saturated heterocycles. The smallest absolute Gasteiger partial charge is 0.338 e. The molecule has 0 unspecified atom stereocenters. The van der Waals surface area contributed by atoms with Gasteiger partial charge < -0.3 is 14.2 Å². The highest BCUT2D eigenvalue weighted by molar-refractivity contribution is 14.1. The highest BCUT2D eigenvalue weighted by Gasteiger charge is 2.35. The first kappa shape index (κ1) is 32.3. The van der Waals surface area contributed by atoms with Crippen LogP contribution in [0.25, 0.3) is 6.08 Å². The van der Waals surface area contributed by atoms with E-state index in [0.29, 0.717) is 47.7 Å². The van der Waals surface area contributed by atoms with Gasteiger partial charge in [0.15, 0.2) is 4.80 Å². The van der Waals surface area contributed by atoms with E-state index in [1.807, 2.05) is 56.3 Å². The largest absolute Gasteiger partial charge is 0.491 e. The maximum Gasteiger partial charge on any atom is 0.338 e. The van der Waals surface area contributed by atoms with Crippen molar-refractivity contribution < 1.29 is 19.0 Å². The van der Waals surface area contributed by atoms with E-state index < -0.39 is 12.0 Å². The van der Waals surface area contributed by atoms with Gasteiger partial charge in [0.25, 0.3) is 5.56 Å². The van der Waals surface area contributed by atoms with Crippen molar-refractivity contribution in [3.8, 4) is 11.5 Å². The fourth-order valence-electron chi connectivity index (χ4n) is 4.92. The summed E-state index contributed by atoms with van der Waals surface area (Å²) in [4.78, 5) is 32.7. The van der Waals surface area contributed by atoms with Crippen molar-refractivity contribution in [3.63, 3.8) is 0 Å². The molecular weight excluding hydrogens is 734 g/mol. The monoisotopic (exact) mass is 762 g/mol. The fourth-order valence-corrected chi connectivity index (χ4v) is 7.38. The molecule has 0 N–H and O–H groups in total. The minimum Gasteiger partial charge on any atom is -0.491 e. The van der Waals surface area contributed by atoms with E-state index in [1.54, 1.807) is 42.7 Å². The van der Waals surface area contributed by atoms with E-state index in [0.717, 1.165) is 9.13 Å². The molecule has 1 aromatic heterocycles. The molecule has 0 aliphatic carbocycles. The summed E-state index contributed by atoms with van der Waals surface area (Å²) in [6, 6.07) is 17.6. The van der Waals surface area contributed by atoms with Gasteiger partial charge in [0.2, 0.25) is 0 Å². The molecule has 4 aromatic rings. The highest BCUT2D eigenvalue weighted by atomic mass is 127. The Balaban J connectivity index is 1.68. The number of allylic oxidation sites excluding steroid dienone is 1. The first-order valence-corrected chi connectivity index (χ1v) is 16.5. The Morgan fingerprint density at radius 3 is 2.61 bits per heavy atom. The van der Waals surface area contributed by atoms with Crippen LogP contribution in [0, 0.1) is 3.57 Å². The first-order chi connectivity index (χ1) is 21.1. The molecule has 0 spiro atoms. The van der Waals surface area contributed by atoms with Gasteiger partial charge in [0, 0.05) is 21.2 Å². The number of nitrogens with zero attached hydrogens (tertiary/aromatic N) is 2. The molecule has 1 aliphatic heterocycles. The lowest BCUT2D eigenvalue weighted by Crippen LogP contribution is -2.40. The topological polar surface area (TPSA) is 79.1 Å². The number of aromatic nitrogens is 1. The molecule has 0 saturated carbocycles. The summed E-state index contributed by atoms with van der Waals surface area (Å²) in [6.45, 7) is 7.80. The summed E-state index contributed by atoms with van der Waals surface area (Å²) in [7, 11) is 0. The van der Waals surface area contributed by atoms with Crippen molar-refractivity contribution in [1.82, 2.24) is 4.57 Å². The number of carbonyl (C=O) groups is 1. The third-order valence-electron chi connectivity index (χ3n) is 6.69. The Labute approximate surface area is 282 Å². The molecule has 3 aromatic carbocycles. The maximum atomic E-state index is 14.2. The van der Waals surface area contributed by atoms with Crippen LogP contribution in [-0.2, 0) is 16.1 Å². The molecule has 2 heterocycles. The van der Waals surface area contributed by atoms with Crippen LogP contribution in [-0.4, -0.2) is 23.2 Å². The minimum absolute atomic E-state index is 0.126. The van der Waals surface area contributed by atoms with E-state index in [2.05, 4.69) is 27.6 Å². The average Bonchev–Trinajstić information content (AvgIpc) is 3.26. The molecule has 1 aliphatic rings. The summed E-state index contributed by atoms with van der Waals surface area (Å²) in [5.74, 6) is 0.615. The number of esters is 1. The highest BCUT2D eigenvalue weighted by Crippen LogP contribution is 2.36. The summed E-state index contributed by atoms with van der Waals surface area (Å²) in [5.41, 5.74) is 2.64. The zero-order valence-electron chi connectivity index (χ0n) is 24.4. The molecule has 11 heteroatoms. The van der Waals surface area contributed by atoms with Gasteiger partial charge in [-0.15, -0.1) is 0 Å². The number of ether oxygens (including phenoxy) is 3. The number of hydrogen-bond donors (Lipinski definition) is 0. The standard InChI is InChI=1S/C33H29Cl2IN2O5S/c1-5-41-32(40)28-19(4)37-33-38(29(28)24-11-6-7-12-26(24)43-18(2)3)31(39)27(44-33)15-21-14-23(35)16-25(36)30(21)42-17-20-9-8-10-22(34)13-20/h6-16,18,29H,5,17H2,1-4H3/b27-15-/t29-/m0/s1. The Morgan fingerprint density at radius 1 is 1.11 bits per heavy atom. The van der Waals surface area contributed by atoms with E-state index in [-0.39, 0.29) is 30.5 Å². The van der Waals surface area contributed by atoms with Gasteiger partial charge in [-0.3, -0.25) is 9.36 Å². The molecule has 0 radical (unpaired) electrons. The van der Waals surface area contributed by atoms with Gasteiger partial charge in [-0.25, -0.2) is 9.79 Å². The van der Waals surface area contributed by atoms with Gasteiger partial charge in [-0.05, 0) is 92.3 Å². The number of hydrogen-bond acceptors (Lipinski definition) is 7. The van der Waals surface area contributed by atoms with Crippen molar-refractivity contribution in [2.45, 2.75) is 46.4 Å². The van der Waals surface area contributed by atoms with Crippen molar-refractivity contribution in [2.75, 3.05) is 6.61 Å².